The molecule has 0 bridgehead atoms. The zero-order valence-electron chi connectivity index (χ0n) is 21.1. The van der Waals surface area contributed by atoms with Gasteiger partial charge in [0.1, 0.15) is 30.0 Å². The molecule has 0 aliphatic rings. The summed E-state index contributed by atoms with van der Waals surface area (Å²) >= 11 is 0. The van der Waals surface area contributed by atoms with Gasteiger partial charge in [-0.05, 0) is 45.4 Å². The Kier molecular flexibility index (Phi) is 9.60. The first kappa shape index (κ1) is 28.6. The van der Waals surface area contributed by atoms with Crippen molar-refractivity contribution in [3.05, 3.63) is 59.7 Å². The van der Waals surface area contributed by atoms with Gasteiger partial charge >= 0.3 is 6.09 Å². The number of amides is 4. The topological polar surface area (TPSA) is 175 Å². The molecular formula is C26H31N5O6. The van der Waals surface area contributed by atoms with E-state index in [0.29, 0.717) is 5.69 Å². The summed E-state index contributed by atoms with van der Waals surface area (Å²) in [4.78, 5) is 52.2. The number of nitrogens with two attached hydrogens (primary N) is 1. The fourth-order valence-corrected chi connectivity index (χ4v) is 3.51. The number of phenols is 1. The number of aryl methyl sites for hydroxylation is 1. The van der Waals surface area contributed by atoms with Gasteiger partial charge in [0.2, 0.25) is 11.8 Å². The second-order valence-corrected chi connectivity index (χ2v) is 9.26. The van der Waals surface area contributed by atoms with E-state index in [1.54, 1.807) is 58.0 Å². The third kappa shape index (κ3) is 8.24. The Hall–Kier alpha value is -4.59. The van der Waals surface area contributed by atoms with Crippen molar-refractivity contribution in [1.29, 1.82) is 5.26 Å². The number of hydrogen-bond donors (Lipinski definition) is 4. The number of alkyl carbamates (subject to hydrolysis) is 1. The Labute approximate surface area is 215 Å². The number of aromatic hydroxyl groups is 1. The molecule has 2 aromatic carbocycles. The first-order valence-electron chi connectivity index (χ1n) is 11.4. The van der Waals surface area contributed by atoms with Gasteiger partial charge in [-0.2, -0.15) is 5.26 Å². The maximum atomic E-state index is 13.7. The first-order valence-corrected chi connectivity index (χ1v) is 11.4. The van der Waals surface area contributed by atoms with Crippen molar-refractivity contribution in [2.45, 2.75) is 51.8 Å². The Bertz CT molecular complexity index is 1200. The quantitative estimate of drug-likeness (QED) is 0.375. The van der Waals surface area contributed by atoms with E-state index in [-0.39, 0.29) is 11.3 Å². The number of para-hydroxylation sites is 2. The number of carbonyl (C=O) groups is 4. The number of carbonyl (C=O) groups excluding carboxylic acids is 4. The van der Waals surface area contributed by atoms with Gasteiger partial charge < -0.3 is 31.1 Å². The van der Waals surface area contributed by atoms with Crippen LogP contribution in [0.15, 0.2) is 48.5 Å². The zero-order valence-corrected chi connectivity index (χ0v) is 21.1. The van der Waals surface area contributed by atoms with E-state index in [2.05, 4.69) is 10.6 Å². The van der Waals surface area contributed by atoms with Crippen molar-refractivity contribution in [1.82, 2.24) is 10.2 Å². The lowest BCUT2D eigenvalue weighted by Gasteiger charge is -2.33. The minimum Gasteiger partial charge on any atom is -0.508 e. The average Bonchev–Trinajstić information content (AvgIpc) is 2.79. The highest BCUT2D eigenvalue weighted by molar-refractivity contribution is 6.00. The molecule has 0 saturated carbocycles. The summed E-state index contributed by atoms with van der Waals surface area (Å²) in [6.45, 7) is 6.01. The number of hydrogen-bond acceptors (Lipinski definition) is 7. The van der Waals surface area contributed by atoms with Gasteiger partial charge in [0, 0.05) is 11.3 Å². The number of phenolic OH excluding ortho intramolecular Hbond substituents is 1. The third-order valence-corrected chi connectivity index (χ3v) is 5.11. The zero-order chi connectivity index (χ0) is 27.8. The predicted molar refractivity (Wildman–Crippen MR) is 135 cm³/mol. The molecule has 0 heterocycles. The fourth-order valence-electron chi connectivity index (χ4n) is 3.51. The minimum atomic E-state index is -1.54. The van der Waals surface area contributed by atoms with Crippen molar-refractivity contribution in [3.8, 4) is 11.8 Å². The molecule has 11 nitrogen and oxygen atoms in total. The summed E-state index contributed by atoms with van der Waals surface area (Å²) in [5.41, 5.74) is 5.64. The summed E-state index contributed by atoms with van der Waals surface area (Å²) in [5.74, 6) is -2.88. The van der Waals surface area contributed by atoms with Crippen LogP contribution in [0.25, 0.3) is 0 Å². The molecule has 0 aliphatic heterocycles. The van der Waals surface area contributed by atoms with Gasteiger partial charge in [-0.1, -0.05) is 36.4 Å². The van der Waals surface area contributed by atoms with Crippen LogP contribution in [0.5, 0.6) is 5.75 Å². The van der Waals surface area contributed by atoms with Crippen LogP contribution < -0.4 is 16.4 Å². The van der Waals surface area contributed by atoms with Crippen molar-refractivity contribution >= 4 is 29.5 Å². The van der Waals surface area contributed by atoms with Crippen LogP contribution in [-0.2, 0) is 19.1 Å². The molecule has 11 heteroatoms. The summed E-state index contributed by atoms with van der Waals surface area (Å²) in [6.07, 6.45) is -1.61. The van der Waals surface area contributed by atoms with Gasteiger partial charge in [0.05, 0.1) is 12.5 Å². The molecule has 37 heavy (non-hydrogen) atoms. The predicted octanol–water partition coefficient (Wildman–Crippen LogP) is 2.50. The summed E-state index contributed by atoms with van der Waals surface area (Å²) in [5, 5.41) is 25.1. The van der Waals surface area contributed by atoms with Crippen LogP contribution in [0.2, 0.25) is 0 Å². The number of nitriles is 1. The largest absolute Gasteiger partial charge is 0.508 e. The summed E-state index contributed by atoms with van der Waals surface area (Å²) < 4.78 is 5.19. The molecule has 2 rings (SSSR count). The summed E-state index contributed by atoms with van der Waals surface area (Å²) in [7, 11) is 0. The van der Waals surface area contributed by atoms with Gasteiger partial charge in [-0.25, -0.2) is 4.79 Å². The molecule has 196 valence electrons. The SMILES string of the molecule is Cc1ccccc1NC(=O)C(c1ccccc1O)N(CC#N)C(=O)C(CC(N)=O)NC(=O)OC(C)(C)C. The molecular weight excluding hydrogens is 478 g/mol. The van der Waals surface area contributed by atoms with Crippen LogP contribution in [0.4, 0.5) is 10.5 Å². The molecule has 0 radical (unpaired) electrons. The second-order valence-electron chi connectivity index (χ2n) is 9.26. The number of anilines is 1. The first-order chi connectivity index (χ1) is 17.3. The fraction of sp³-hybridized carbons (Fsp3) is 0.346. The number of primary amides is 1. The Balaban J connectivity index is 2.54. The van der Waals surface area contributed by atoms with E-state index in [4.69, 9.17) is 10.5 Å². The van der Waals surface area contributed by atoms with E-state index in [1.807, 2.05) is 6.07 Å². The van der Waals surface area contributed by atoms with Crippen molar-refractivity contribution in [2.24, 2.45) is 5.73 Å². The normalized spacial score (nSPS) is 12.4. The molecule has 0 aromatic heterocycles. The average molecular weight is 510 g/mol. The second kappa shape index (κ2) is 12.4. The lowest BCUT2D eigenvalue weighted by Crippen LogP contribution is -2.53. The molecule has 2 aromatic rings. The van der Waals surface area contributed by atoms with Gasteiger partial charge in [0.15, 0.2) is 0 Å². The van der Waals surface area contributed by atoms with Crippen LogP contribution in [0.1, 0.15) is 44.4 Å². The van der Waals surface area contributed by atoms with Gasteiger partial charge in [0.25, 0.3) is 5.91 Å². The Morgan fingerprint density at radius 3 is 2.30 bits per heavy atom. The molecule has 0 saturated heterocycles. The van der Waals surface area contributed by atoms with Gasteiger partial charge in [-0.3, -0.25) is 14.4 Å². The molecule has 0 fully saturated rings. The van der Waals surface area contributed by atoms with E-state index >= 15 is 0 Å². The van der Waals surface area contributed by atoms with Crippen molar-refractivity contribution in [2.75, 3.05) is 11.9 Å². The maximum absolute atomic E-state index is 13.7. The van der Waals surface area contributed by atoms with Crippen LogP contribution in [0, 0.1) is 18.3 Å². The lowest BCUT2D eigenvalue weighted by atomic mass is 10.0. The third-order valence-electron chi connectivity index (χ3n) is 5.11. The molecule has 0 aliphatic carbocycles. The maximum Gasteiger partial charge on any atom is 0.408 e. The van der Waals surface area contributed by atoms with Crippen LogP contribution in [-0.4, -0.2) is 52.0 Å². The number of nitrogens with zero attached hydrogens (tertiary/aromatic N) is 2. The number of rotatable bonds is 9. The van der Waals surface area contributed by atoms with E-state index in [0.717, 1.165) is 10.5 Å². The Morgan fingerprint density at radius 2 is 1.73 bits per heavy atom. The molecule has 5 N–H and O–H groups in total. The summed E-state index contributed by atoms with van der Waals surface area (Å²) in [6, 6.07) is 11.6. The molecule has 0 spiro atoms. The molecule has 2 unspecified atom stereocenters. The van der Waals surface area contributed by atoms with Crippen molar-refractivity contribution in [3.63, 3.8) is 0 Å². The van der Waals surface area contributed by atoms with Gasteiger partial charge in [-0.15, -0.1) is 0 Å². The highest BCUT2D eigenvalue weighted by Gasteiger charge is 2.38. The number of benzene rings is 2. The van der Waals surface area contributed by atoms with Crippen molar-refractivity contribution < 1.29 is 29.0 Å². The highest BCUT2D eigenvalue weighted by Crippen LogP contribution is 2.31. The number of nitrogens with one attached hydrogen (secondary N) is 2. The lowest BCUT2D eigenvalue weighted by molar-refractivity contribution is -0.141. The van der Waals surface area contributed by atoms with E-state index < -0.39 is 54.5 Å². The molecule has 4 amide bonds. The van der Waals surface area contributed by atoms with E-state index in [9.17, 15) is 29.5 Å². The van der Waals surface area contributed by atoms with E-state index in [1.165, 1.54) is 18.2 Å². The van der Waals surface area contributed by atoms with Crippen LogP contribution in [0.3, 0.4) is 0 Å². The minimum absolute atomic E-state index is 0.0345. The highest BCUT2D eigenvalue weighted by atomic mass is 16.6. The smallest absolute Gasteiger partial charge is 0.408 e. The molecule has 2 atom stereocenters. The monoisotopic (exact) mass is 509 g/mol. The van der Waals surface area contributed by atoms with Crippen LogP contribution >= 0.6 is 0 Å². The Morgan fingerprint density at radius 1 is 1.11 bits per heavy atom. The number of ether oxygens (including phenoxy) is 1. The standard InChI is InChI=1S/C26H31N5O6/c1-16-9-5-7-11-18(16)29-23(34)22(17-10-6-8-12-20(17)32)31(14-13-27)24(35)19(15-21(28)33)30-25(36)37-26(2,3)4/h5-12,19,22,32H,14-15H2,1-4H3,(H2,28,33)(H,29,34)(H,30,36).